The first kappa shape index (κ1) is 15.0. The monoisotopic (exact) mass is 274 g/mol. The number of amides is 1. The van der Waals surface area contributed by atoms with E-state index >= 15 is 0 Å². The van der Waals surface area contributed by atoms with Crippen LogP contribution < -0.4 is 4.90 Å². The molecule has 0 bridgehead atoms. The van der Waals surface area contributed by atoms with Gasteiger partial charge in [0.05, 0.1) is 6.54 Å². The average molecular weight is 274 g/mol. The first-order valence-corrected chi connectivity index (χ1v) is 7.70. The Labute approximate surface area is 122 Å². The summed E-state index contributed by atoms with van der Waals surface area (Å²) in [7, 11) is 0. The van der Waals surface area contributed by atoms with E-state index in [9.17, 15) is 4.79 Å². The first-order chi connectivity index (χ1) is 9.61. The predicted molar refractivity (Wildman–Crippen MR) is 84.0 cm³/mol. The number of para-hydroxylation sites is 1. The topological polar surface area (TPSA) is 23.6 Å². The Morgan fingerprint density at radius 1 is 1.40 bits per heavy atom. The fourth-order valence-corrected chi connectivity index (χ4v) is 3.05. The summed E-state index contributed by atoms with van der Waals surface area (Å²) in [5.74, 6) is 0.931. The molecule has 0 aromatic heterocycles. The van der Waals surface area contributed by atoms with Crippen molar-refractivity contribution in [2.24, 2.45) is 5.92 Å². The van der Waals surface area contributed by atoms with Crippen molar-refractivity contribution in [2.75, 3.05) is 31.1 Å². The first-order valence-electron chi connectivity index (χ1n) is 7.70. The third-order valence-corrected chi connectivity index (χ3v) is 4.12. The van der Waals surface area contributed by atoms with Gasteiger partial charge in [0, 0.05) is 18.8 Å². The van der Waals surface area contributed by atoms with E-state index in [0.29, 0.717) is 12.5 Å². The number of anilines is 1. The van der Waals surface area contributed by atoms with Crippen molar-refractivity contribution in [3.63, 3.8) is 0 Å². The Morgan fingerprint density at radius 3 is 2.80 bits per heavy atom. The third-order valence-electron chi connectivity index (χ3n) is 4.12. The number of benzene rings is 1. The number of likely N-dealkylation sites (tertiary alicyclic amines) is 1. The van der Waals surface area contributed by atoms with Crippen molar-refractivity contribution < 1.29 is 4.79 Å². The lowest BCUT2D eigenvalue weighted by Crippen LogP contribution is -2.44. The highest BCUT2D eigenvalue weighted by Crippen LogP contribution is 2.20. The summed E-state index contributed by atoms with van der Waals surface area (Å²) in [6, 6.07) is 8.12. The molecule has 1 aliphatic heterocycles. The van der Waals surface area contributed by atoms with E-state index in [-0.39, 0.29) is 5.91 Å². The van der Waals surface area contributed by atoms with E-state index in [1.807, 2.05) is 30.0 Å². The summed E-state index contributed by atoms with van der Waals surface area (Å²) >= 11 is 0. The molecule has 1 fully saturated rings. The van der Waals surface area contributed by atoms with Crippen LogP contribution in [-0.2, 0) is 4.79 Å². The molecule has 0 radical (unpaired) electrons. The van der Waals surface area contributed by atoms with Crippen LogP contribution in [0.25, 0.3) is 0 Å². The molecule has 0 spiro atoms. The van der Waals surface area contributed by atoms with Crippen LogP contribution in [0.1, 0.15) is 32.3 Å². The molecule has 110 valence electrons. The molecule has 1 saturated heterocycles. The minimum Gasteiger partial charge on any atom is -0.311 e. The summed E-state index contributed by atoms with van der Waals surface area (Å²) in [5, 5.41) is 0. The molecule has 1 atom stereocenters. The maximum atomic E-state index is 12.6. The number of rotatable bonds is 4. The Kier molecular flexibility index (Phi) is 5.18. The molecule has 3 heteroatoms. The maximum Gasteiger partial charge on any atom is 0.241 e. The van der Waals surface area contributed by atoms with Gasteiger partial charge in [0.25, 0.3) is 0 Å². The summed E-state index contributed by atoms with van der Waals surface area (Å²) in [6.45, 7) is 9.77. The van der Waals surface area contributed by atoms with E-state index < -0.39 is 0 Å². The fourth-order valence-electron chi connectivity index (χ4n) is 3.05. The standard InChI is InChI=1S/C17H26N2O/c1-4-19(16-10-6-5-9-15(16)3)17(20)13-18-11-7-8-14(2)12-18/h5-6,9-10,14H,4,7-8,11-13H2,1-3H3. The van der Waals surface area contributed by atoms with Crippen molar-refractivity contribution in [1.29, 1.82) is 0 Å². The Morgan fingerprint density at radius 2 is 2.15 bits per heavy atom. The molecule has 0 N–H and O–H groups in total. The zero-order valence-corrected chi connectivity index (χ0v) is 12.9. The summed E-state index contributed by atoms with van der Waals surface area (Å²) in [5.41, 5.74) is 2.21. The van der Waals surface area contributed by atoms with Crippen LogP contribution in [0, 0.1) is 12.8 Å². The van der Waals surface area contributed by atoms with E-state index in [1.165, 1.54) is 12.8 Å². The van der Waals surface area contributed by atoms with Gasteiger partial charge in [0.1, 0.15) is 0 Å². The second-order valence-corrected chi connectivity index (χ2v) is 5.91. The van der Waals surface area contributed by atoms with E-state index in [0.717, 1.165) is 30.9 Å². The van der Waals surface area contributed by atoms with Gasteiger partial charge < -0.3 is 4.90 Å². The highest BCUT2D eigenvalue weighted by atomic mass is 16.2. The molecule has 1 amide bonds. The van der Waals surface area contributed by atoms with Crippen LogP contribution in [-0.4, -0.2) is 37.0 Å². The van der Waals surface area contributed by atoms with Gasteiger partial charge in [-0.25, -0.2) is 0 Å². The Balaban J connectivity index is 2.04. The normalized spacial score (nSPS) is 19.9. The molecule has 1 aromatic rings. The quantitative estimate of drug-likeness (QED) is 0.842. The lowest BCUT2D eigenvalue weighted by Gasteiger charge is -2.32. The van der Waals surface area contributed by atoms with Gasteiger partial charge in [-0.05, 0) is 50.8 Å². The van der Waals surface area contributed by atoms with E-state index in [4.69, 9.17) is 0 Å². The molecule has 3 nitrogen and oxygen atoms in total. The maximum absolute atomic E-state index is 12.6. The molecule has 1 aliphatic rings. The zero-order chi connectivity index (χ0) is 14.5. The molecule has 0 saturated carbocycles. The zero-order valence-electron chi connectivity index (χ0n) is 12.9. The molecule has 1 unspecified atom stereocenters. The number of carbonyl (C=O) groups is 1. The van der Waals surface area contributed by atoms with Gasteiger partial charge in [0.2, 0.25) is 5.91 Å². The number of aryl methyl sites for hydroxylation is 1. The highest BCUT2D eigenvalue weighted by molar-refractivity contribution is 5.95. The van der Waals surface area contributed by atoms with Crippen LogP contribution in [0.15, 0.2) is 24.3 Å². The second kappa shape index (κ2) is 6.89. The highest BCUT2D eigenvalue weighted by Gasteiger charge is 2.22. The van der Waals surface area contributed by atoms with Gasteiger partial charge in [-0.3, -0.25) is 9.69 Å². The SMILES string of the molecule is CCN(C(=O)CN1CCCC(C)C1)c1ccccc1C. The van der Waals surface area contributed by atoms with Crippen LogP contribution in [0.5, 0.6) is 0 Å². The van der Waals surface area contributed by atoms with Crippen LogP contribution in [0.4, 0.5) is 5.69 Å². The van der Waals surface area contributed by atoms with Crippen molar-refractivity contribution in [3.05, 3.63) is 29.8 Å². The molecule has 0 aliphatic carbocycles. The number of nitrogens with zero attached hydrogens (tertiary/aromatic N) is 2. The van der Waals surface area contributed by atoms with Gasteiger partial charge in [-0.2, -0.15) is 0 Å². The predicted octanol–water partition coefficient (Wildman–Crippen LogP) is 3.08. The molecular formula is C17H26N2O. The van der Waals surface area contributed by atoms with Crippen molar-refractivity contribution >= 4 is 11.6 Å². The number of carbonyl (C=O) groups excluding carboxylic acids is 1. The van der Waals surface area contributed by atoms with Crippen LogP contribution in [0.3, 0.4) is 0 Å². The largest absolute Gasteiger partial charge is 0.311 e. The van der Waals surface area contributed by atoms with Gasteiger partial charge in [-0.1, -0.05) is 25.1 Å². The lowest BCUT2D eigenvalue weighted by molar-refractivity contribution is -0.120. The average Bonchev–Trinajstić information content (AvgIpc) is 2.41. The van der Waals surface area contributed by atoms with Crippen molar-refractivity contribution in [1.82, 2.24) is 4.90 Å². The fraction of sp³-hybridized carbons (Fsp3) is 0.588. The Bertz CT molecular complexity index is 458. The van der Waals surface area contributed by atoms with Gasteiger partial charge in [0.15, 0.2) is 0 Å². The van der Waals surface area contributed by atoms with Crippen molar-refractivity contribution in [2.45, 2.75) is 33.6 Å². The molecule has 20 heavy (non-hydrogen) atoms. The molecular weight excluding hydrogens is 248 g/mol. The van der Waals surface area contributed by atoms with Gasteiger partial charge in [-0.15, -0.1) is 0 Å². The van der Waals surface area contributed by atoms with Crippen molar-refractivity contribution in [3.8, 4) is 0 Å². The molecule has 2 rings (SSSR count). The molecule has 1 aromatic carbocycles. The van der Waals surface area contributed by atoms with Crippen LogP contribution in [0.2, 0.25) is 0 Å². The lowest BCUT2D eigenvalue weighted by atomic mass is 10.0. The third kappa shape index (κ3) is 3.60. The number of hydrogen-bond donors (Lipinski definition) is 0. The van der Waals surface area contributed by atoms with E-state index in [2.05, 4.69) is 24.8 Å². The summed E-state index contributed by atoms with van der Waals surface area (Å²) in [6.07, 6.45) is 2.50. The van der Waals surface area contributed by atoms with Gasteiger partial charge >= 0.3 is 0 Å². The Hall–Kier alpha value is -1.35. The summed E-state index contributed by atoms with van der Waals surface area (Å²) in [4.78, 5) is 16.8. The summed E-state index contributed by atoms with van der Waals surface area (Å²) < 4.78 is 0. The van der Waals surface area contributed by atoms with Crippen LogP contribution >= 0.6 is 0 Å². The minimum atomic E-state index is 0.218. The number of likely N-dealkylation sites (N-methyl/N-ethyl adjacent to an activating group) is 1. The van der Waals surface area contributed by atoms with E-state index in [1.54, 1.807) is 0 Å². The minimum absolute atomic E-state index is 0.218. The second-order valence-electron chi connectivity index (χ2n) is 5.91. The molecule has 1 heterocycles. The smallest absolute Gasteiger partial charge is 0.241 e. The number of piperidine rings is 1. The number of hydrogen-bond acceptors (Lipinski definition) is 2.